The lowest BCUT2D eigenvalue weighted by Gasteiger charge is -2.28. The van der Waals surface area contributed by atoms with Gasteiger partial charge in [-0.25, -0.2) is 0 Å². The third kappa shape index (κ3) is 4.15. The van der Waals surface area contributed by atoms with Gasteiger partial charge in [-0.3, -0.25) is 0 Å². The van der Waals surface area contributed by atoms with Crippen molar-refractivity contribution >= 4 is 18.5 Å². The molecule has 0 saturated carbocycles. The second kappa shape index (κ2) is 7.73. The summed E-state index contributed by atoms with van der Waals surface area (Å²) in [5, 5.41) is 3.02. The number of piperidine rings is 1. The highest BCUT2D eigenvalue weighted by molar-refractivity contribution is 7.73. The summed E-state index contributed by atoms with van der Waals surface area (Å²) in [5.74, 6) is 0. The number of nitrogens with zero attached hydrogens (tertiary/aromatic N) is 1. The minimum atomic E-state index is -0.217. The van der Waals surface area contributed by atoms with E-state index in [0.717, 1.165) is 0 Å². The predicted molar refractivity (Wildman–Crippen MR) is 94.2 cm³/mol. The smallest absolute Gasteiger partial charge is 0.00267 e. The summed E-state index contributed by atoms with van der Waals surface area (Å²) in [6.07, 6.45) is 5.47. The minimum Gasteiger partial charge on any atom is -0.303 e. The molecule has 0 bridgehead atoms. The lowest BCUT2D eigenvalue weighted by atomic mass is 10.1. The molecule has 2 aromatic carbocycles. The summed E-state index contributed by atoms with van der Waals surface area (Å²) in [5.41, 5.74) is 0. The normalized spacial score (nSPS) is 16.2. The Labute approximate surface area is 129 Å². The highest BCUT2D eigenvalue weighted by Gasteiger charge is 2.16. The average molecular weight is 297 g/mol. The quantitative estimate of drug-likeness (QED) is 0.762. The molecule has 3 rings (SSSR count). The molecule has 1 aliphatic heterocycles. The zero-order valence-electron chi connectivity index (χ0n) is 12.6. The summed E-state index contributed by atoms with van der Waals surface area (Å²) in [6, 6.07) is 22.1. The molecule has 0 unspecified atom stereocenters. The van der Waals surface area contributed by atoms with Crippen LogP contribution in [0.4, 0.5) is 0 Å². The van der Waals surface area contributed by atoms with Crippen molar-refractivity contribution in [3.05, 3.63) is 60.7 Å². The van der Waals surface area contributed by atoms with Gasteiger partial charge in [-0.05, 0) is 50.6 Å². The van der Waals surface area contributed by atoms with Crippen molar-refractivity contribution in [2.45, 2.75) is 19.3 Å². The highest BCUT2D eigenvalue weighted by atomic mass is 31.1. The summed E-state index contributed by atoms with van der Waals surface area (Å²) in [6.45, 7) is 3.84. The van der Waals surface area contributed by atoms with Crippen LogP contribution in [0, 0.1) is 0 Å². The van der Waals surface area contributed by atoms with Gasteiger partial charge in [0, 0.05) is 6.54 Å². The molecule has 0 amide bonds. The fourth-order valence-electron chi connectivity index (χ4n) is 3.05. The molecule has 1 nitrogen and oxygen atoms in total. The maximum atomic E-state index is 2.66. The summed E-state index contributed by atoms with van der Waals surface area (Å²) in [7, 11) is -0.217. The van der Waals surface area contributed by atoms with Gasteiger partial charge in [-0.15, -0.1) is 0 Å². The first kappa shape index (κ1) is 14.8. The van der Waals surface area contributed by atoms with Crippen LogP contribution in [-0.4, -0.2) is 30.7 Å². The molecule has 0 spiro atoms. The van der Waals surface area contributed by atoms with E-state index in [1.165, 1.54) is 55.7 Å². The number of hydrogen-bond donors (Lipinski definition) is 0. The van der Waals surface area contributed by atoms with Gasteiger partial charge in [0.1, 0.15) is 0 Å². The molecule has 0 aromatic heterocycles. The first-order chi connectivity index (χ1) is 10.4. The Bertz CT molecular complexity index is 480. The molecule has 0 atom stereocenters. The SMILES string of the molecule is c1ccc(P(CCN2CCCCC2)c2ccccc2)cc1. The Morgan fingerprint density at radius 3 is 1.76 bits per heavy atom. The van der Waals surface area contributed by atoms with Crippen molar-refractivity contribution in [2.24, 2.45) is 0 Å². The summed E-state index contributed by atoms with van der Waals surface area (Å²) in [4.78, 5) is 2.66. The first-order valence-electron chi connectivity index (χ1n) is 8.03. The highest BCUT2D eigenvalue weighted by Crippen LogP contribution is 2.33. The van der Waals surface area contributed by atoms with Gasteiger partial charge >= 0.3 is 0 Å². The topological polar surface area (TPSA) is 3.24 Å². The minimum absolute atomic E-state index is 0.217. The van der Waals surface area contributed by atoms with Crippen LogP contribution < -0.4 is 10.6 Å². The van der Waals surface area contributed by atoms with E-state index in [0.29, 0.717) is 0 Å². The number of likely N-dealkylation sites (tertiary alicyclic amines) is 1. The van der Waals surface area contributed by atoms with E-state index < -0.39 is 0 Å². The van der Waals surface area contributed by atoms with Crippen molar-refractivity contribution < 1.29 is 0 Å². The average Bonchev–Trinajstić information content (AvgIpc) is 2.58. The molecular formula is C19H24NP. The monoisotopic (exact) mass is 297 g/mol. The second-order valence-electron chi connectivity index (χ2n) is 5.73. The van der Waals surface area contributed by atoms with Gasteiger partial charge in [0.05, 0.1) is 0 Å². The maximum absolute atomic E-state index is 2.66. The van der Waals surface area contributed by atoms with Gasteiger partial charge < -0.3 is 4.90 Å². The molecule has 1 aliphatic rings. The van der Waals surface area contributed by atoms with Gasteiger partial charge in [-0.1, -0.05) is 67.1 Å². The fraction of sp³-hybridized carbons (Fsp3) is 0.368. The van der Waals surface area contributed by atoms with Crippen molar-refractivity contribution in [3.8, 4) is 0 Å². The van der Waals surface area contributed by atoms with Crippen LogP contribution in [0.15, 0.2) is 60.7 Å². The van der Waals surface area contributed by atoms with Crippen LogP contribution in [-0.2, 0) is 0 Å². The molecule has 2 aromatic rings. The standard InChI is InChI=1S/C19H24NP/c1-4-10-18(11-5-1)21(19-12-6-2-7-13-19)17-16-20-14-8-3-9-15-20/h1-2,4-7,10-13H,3,8-9,14-17H2. The fourth-order valence-corrected chi connectivity index (χ4v) is 5.41. The van der Waals surface area contributed by atoms with Crippen molar-refractivity contribution in [1.82, 2.24) is 4.90 Å². The molecular weight excluding hydrogens is 273 g/mol. The van der Waals surface area contributed by atoms with E-state index in [1.807, 2.05) is 0 Å². The number of hydrogen-bond acceptors (Lipinski definition) is 1. The zero-order valence-corrected chi connectivity index (χ0v) is 13.5. The van der Waals surface area contributed by atoms with Crippen LogP contribution in [0.2, 0.25) is 0 Å². The predicted octanol–water partition coefficient (Wildman–Crippen LogP) is 3.61. The lowest BCUT2D eigenvalue weighted by Crippen LogP contribution is -2.33. The van der Waals surface area contributed by atoms with Crippen molar-refractivity contribution in [2.75, 3.05) is 25.8 Å². The van der Waals surface area contributed by atoms with E-state index >= 15 is 0 Å². The molecule has 2 heteroatoms. The van der Waals surface area contributed by atoms with E-state index in [9.17, 15) is 0 Å². The Morgan fingerprint density at radius 1 is 0.714 bits per heavy atom. The van der Waals surface area contributed by atoms with E-state index in [2.05, 4.69) is 65.6 Å². The number of rotatable bonds is 5. The molecule has 1 saturated heterocycles. The van der Waals surface area contributed by atoms with Gasteiger partial charge in [0.15, 0.2) is 0 Å². The molecule has 0 aliphatic carbocycles. The van der Waals surface area contributed by atoms with Crippen LogP contribution in [0.5, 0.6) is 0 Å². The van der Waals surface area contributed by atoms with Gasteiger partial charge in [-0.2, -0.15) is 0 Å². The lowest BCUT2D eigenvalue weighted by molar-refractivity contribution is 0.242. The zero-order chi connectivity index (χ0) is 14.3. The summed E-state index contributed by atoms with van der Waals surface area (Å²) < 4.78 is 0. The van der Waals surface area contributed by atoms with Crippen LogP contribution in [0.1, 0.15) is 19.3 Å². The molecule has 1 heterocycles. The van der Waals surface area contributed by atoms with Crippen LogP contribution in [0.3, 0.4) is 0 Å². The molecule has 110 valence electrons. The van der Waals surface area contributed by atoms with Crippen molar-refractivity contribution in [3.63, 3.8) is 0 Å². The van der Waals surface area contributed by atoms with Crippen molar-refractivity contribution in [1.29, 1.82) is 0 Å². The Kier molecular flexibility index (Phi) is 5.43. The van der Waals surface area contributed by atoms with Crippen LogP contribution >= 0.6 is 7.92 Å². The second-order valence-corrected chi connectivity index (χ2v) is 8.06. The van der Waals surface area contributed by atoms with E-state index in [-0.39, 0.29) is 7.92 Å². The largest absolute Gasteiger partial charge is 0.303 e. The third-order valence-corrected chi connectivity index (χ3v) is 6.71. The Morgan fingerprint density at radius 2 is 1.24 bits per heavy atom. The van der Waals surface area contributed by atoms with Crippen LogP contribution in [0.25, 0.3) is 0 Å². The first-order valence-corrected chi connectivity index (χ1v) is 9.56. The third-order valence-electron chi connectivity index (χ3n) is 4.22. The molecule has 21 heavy (non-hydrogen) atoms. The Hall–Kier alpha value is -1.17. The maximum Gasteiger partial charge on any atom is 0.00267 e. The molecule has 0 N–H and O–H groups in total. The summed E-state index contributed by atoms with van der Waals surface area (Å²) >= 11 is 0. The van der Waals surface area contributed by atoms with Gasteiger partial charge in [0.2, 0.25) is 0 Å². The molecule has 0 radical (unpaired) electrons. The Balaban J connectivity index is 1.73. The number of benzene rings is 2. The molecule has 1 fully saturated rings. The van der Waals surface area contributed by atoms with E-state index in [1.54, 1.807) is 0 Å². The van der Waals surface area contributed by atoms with E-state index in [4.69, 9.17) is 0 Å². The van der Waals surface area contributed by atoms with Gasteiger partial charge in [0.25, 0.3) is 0 Å².